The molecule has 1 rings (SSSR count). The zero-order valence-corrected chi connectivity index (χ0v) is 9.34. The van der Waals surface area contributed by atoms with Gasteiger partial charge in [-0.25, -0.2) is 0 Å². The van der Waals surface area contributed by atoms with Crippen LogP contribution in [0.15, 0.2) is 16.6 Å². The molecular formula is C8H7BrN2O5. The molecular weight excluding hydrogens is 284 g/mol. The number of rotatable bonds is 3. The van der Waals surface area contributed by atoms with Crippen molar-refractivity contribution in [3.8, 4) is 5.75 Å². The molecule has 0 saturated carbocycles. The van der Waals surface area contributed by atoms with E-state index >= 15 is 0 Å². The maximum Gasteiger partial charge on any atom is 0.325 e. The van der Waals surface area contributed by atoms with Gasteiger partial charge in [-0.15, -0.1) is 0 Å². The smallest absolute Gasteiger partial charge is 0.325 e. The topological polar surface area (TPSA) is 127 Å². The number of benzene rings is 1. The Labute approximate surface area is 97.8 Å². The standard InChI is InChI=1S/C8H7BrN2O5/c9-5-2-3(11(15)16)1-4(7(5)12)6(10)8(13)14/h1-2,6,12H,10H2,(H,13,14)/t6-/m0/s1. The lowest BCUT2D eigenvalue weighted by Crippen LogP contribution is -2.20. The lowest BCUT2D eigenvalue weighted by atomic mass is 10.1. The highest BCUT2D eigenvalue weighted by Gasteiger charge is 2.23. The first kappa shape index (κ1) is 12.4. The van der Waals surface area contributed by atoms with Gasteiger partial charge in [-0.3, -0.25) is 14.9 Å². The normalized spacial score (nSPS) is 12.1. The number of phenolic OH excluding ortho intramolecular Hbond substituents is 1. The maximum absolute atomic E-state index is 10.6. The number of hydrogen-bond donors (Lipinski definition) is 3. The van der Waals surface area contributed by atoms with E-state index in [9.17, 15) is 20.0 Å². The lowest BCUT2D eigenvalue weighted by Gasteiger charge is -2.10. The molecule has 16 heavy (non-hydrogen) atoms. The van der Waals surface area contributed by atoms with Gasteiger partial charge >= 0.3 is 5.97 Å². The molecule has 8 heteroatoms. The molecule has 0 aliphatic carbocycles. The van der Waals surface area contributed by atoms with Crippen molar-refractivity contribution < 1.29 is 19.9 Å². The van der Waals surface area contributed by atoms with Gasteiger partial charge in [0.15, 0.2) is 0 Å². The molecule has 0 bridgehead atoms. The van der Waals surface area contributed by atoms with Crippen LogP contribution in [0.5, 0.6) is 5.75 Å². The summed E-state index contributed by atoms with van der Waals surface area (Å²) >= 11 is 2.88. The summed E-state index contributed by atoms with van der Waals surface area (Å²) in [5, 5.41) is 28.7. The molecule has 0 radical (unpaired) electrons. The third-order valence-corrected chi connectivity index (χ3v) is 2.49. The molecule has 0 saturated heterocycles. The van der Waals surface area contributed by atoms with Crippen molar-refractivity contribution in [3.63, 3.8) is 0 Å². The predicted octanol–water partition coefficient (Wildman–Crippen LogP) is 1.15. The van der Waals surface area contributed by atoms with E-state index in [4.69, 9.17) is 10.8 Å². The molecule has 0 aliphatic rings. The van der Waals surface area contributed by atoms with Gasteiger partial charge in [0.25, 0.3) is 5.69 Å². The molecule has 0 heterocycles. The summed E-state index contributed by atoms with van der Waals surface area (Å²) in [5.74, 6) is -1.80. The number of carboxylic acids is 1. The summed E-state index contributed by atoms with van der Waals surface area (Å²) in [6.45, 7) is 0. The van der Waals surface area contributed by atoms with E-state index in [2.05, 4.69) is 15.9 Å². The minimum absolute atomic E-state index is 0.0217. The molecule has 86 valence electrons. The fourth-order valence-electron chi connectivity index (χ4n) is 1.08. The molecule has 0 amide bonds. The van der Waals surface area contributed by atoms with Crippen molar-refractivity contribution in [3.05, 3.63) is 32.3 Å². The van der Waals surface area contributed by atoms with Crippen molar-refractivity contribution in [2.75, 3.05) is 0 Å². The second-order valence-electron chi connectivity index (χ2n) is 2.94. The third-order valence-electron chi connectivity index (χ3n) is 1.89. The minimum Gasteiger partial charge on any atom is -0.506 e. The number of nitro groups is 1. The number of nitro benzene ring substituents is 1. The Morgan fingerprint density at radius 1 is 1.56 bits per heavy atom. The Balaban J connectivity index is 3.37. The number of nitrogens with zero attached hydrogens (tertiary/aromatic N) is 1. The van der Waals surface area contributed by atoms with E-state index in [1.54, 1.807) is 0 Å². The minimum atomic E-state index is -1.52. The van der Waals surface area contributed by atoms with Gasteiger partial charge in [-0.1, -0.05) is 0 Å². The molecule has 1 aromatic rings. The Hall–Kier alpha value is -1.67. The maximum atomic E-state index is 10.6. The first-order valence-electron chi connectivity index (χ1n) is 3.99. The zero-order valence-electron chi connectivity index (χ0n) is 7.75. The number of aliphatic carboxylic acids is 1. The fraction of sp³-hybridized carbons (Fsp3) is 0.125. The van der Waals surface area contributed by atoms with E-state index in [0.29, 0.717) is 0 Å². The first-order chi connectivity index (χ1) is 7.34. The first-order valence-corrected chi connectivity index (χ1v) is 4.79. The van der Waals surface area contributed by atoms with Crippen LogP contribution in [0.4, 0.5) is 5.69 Å². The quantitative estimate of drug-likeness (QED) is 0.566. The van der Waals surface area contributed by atoms with Crippen LogP contribution in [0.3, 0.4) is 0 Å². The number of nitrogens with two attached hydrogens (primary N) is 1. The highest BCUT2D eigenvalue weighted by Crippen LogP contribution is 2.35. The van der Waals surface area contributed by atoms with Crippen LogP contribution < -0.4 is 5.73 Å². The van der Waals surface area contributed by atoms with Gasteiger partial charge in [0.05, 0.1) is 9.40 Å². The number of non-ortho nitro benzene ring substituents is 1. The number of carboxylic acid groups (broad SMARTS) is 1. The predicted molar refractivity (Wildman–Crippen MR) is 57.0 cm³/mol. The van der Waals surface area contributed by atoms with Crippen molar-refractivity contribution in [2.45, 2.75) is 6.04 Å². The van der Waals surface area contributed by atoms with Gasteiger partial charge < -0.3 is 15.9 Å². The molecule has 4 N–H and O–H groups in total. The largest absolute Gasteiger partial charge is 0.506 e. The van der Waals surface area contributed by atoms with Gasteiger partial charge in [0, 0.05) is 17.7 Å². The second-order valence-corrected chi connectivity index (χ2v) is 3.79. The Morgan fingerprint density at radius 2 is 2.12 bits per heavy atom. The van der Waals surface area contributed by atoms with E-state index in [1.165, 1.54) is 0 Å². The van der Waals surface area contributed by atoms with Gasteiger partial charge in [-0.2, -0.15) is 0 Å². The van der Waals surface area contributed by atoms with Gasteiger partial charge in [-0.05, 0) is 15.9 Å². The lowest BCUT2D eigenvalue weighted by molar-refractivity contribution is -0.385. The molecule has 0 fully saturated rings. The second kappa shape index (κ2) is 4.45. The highest BCUT2D eigenvalue weighted by molar-refractivity contribution is 9.10. The SMILES string of the molecule is N[C@H](C(=O)O)c1cc([N+](=O)[O-])cc(Br)c1O. The Morgan fingerprint density at radius 3 is 2.56 bits per heavy atom. The summed E-state index contributed by atoms with van der Waals surface area (Å²) < 4.78 is 0.0217. The van der Waals surface area contributed by atoms with E-state index in [1.807, 2.05) is 0 Å². The fourth-order valence-corrected chi connectivity index (χ4v) is 1.54. The summed E-state index contributed by atoms with van der Waals surface area (Å²) in [6, 6.07) is 0.475. The summed E-state index contributed by atoms with van der Waals surface area (Å²) in [5.41, 5.74) is 4.71. The Kier molecular flexibility index (Phi) is 3.45. The molecule has 0 unspecified atom stereocenters. The van der Waals surface area contributed by atoms with Crippen molar-refractivity contribution in [1.29, 1.82) is 0 Å². The highest BCUT2D eigenvalue weighted by atomic mass is 79.9. The van der Waals surface area contributed by atoms with Crippen molar-refractivity contribution in [2.24, 2.45) is 5.73 Å². The summed E-state index contributed by atoms with van der Waals surface area (Å²) in [7, 11) is 0. The molecule has 0 spiro atoms. The van der Waals surface area contributed by atoms with Gasteiger partial charge in [0.1, 0.15) is 11.8 Å². The van der Waals surface area contributed by atoms with Gasteiger partial charge in [0.2, 0.25) is 0 Å². The number of halogens is 1. The molecule has 1 aromatic carbocycles. The number of carbonyl (C=O) groups is 1. The average molecular weight is 291 g/mol. The molecule has 0 aliphatic heterocycles. The van der Waals surface area contributed by atoms with Crippen LogP contribution in [0.25, 0.3) is 0 Å². The molecule has 7 nitrogen and oxygen atoms in total. The van der Waals surface area contributed by atoms with Crippen LogP contribution >= 0.6 is 15.9 Å². The third kappa shape index (κ3) is 2.28. The van der Waals surface area contributed by atoms with Crippen LogP contribution in [-0.2, 0) is 4.79 Å². The van der Waals surface area contributed by atoms with E-state index < -0.39 is 22.7 Å². The molecule has 1 atom stereocenters. The number of hydrogen-bond acceptors (Lipinski definition) is 5. The monoisotopic (exact) mass is 290 g/mol. The van der Waals surface area contributed by atoms with E-state index in [-0.39, 0.29) is 15.7 Å². The number of aromatic hydroxyl groups is 1. The van der Waals surface area contributed by atoms with Crippen LogP contribution in [0.1, 0.15) is 11.6 Å². The summed E-state index contributed by atoms with van der Waals surface area (Å²) in [6.07, 6.45) is 0. The average Bonchev–Trinajstić information content (AvgIpc) is 2.20. The van der Waals surface area contributed by atoms with Crippen LogP contribution in [0.2, 0.25) is 0 Å². The van der Waals surface area contributed by atoms with E-state index in [0.717, 1.165) is 12.1 Å². The Bertz CT molecular complexity index is 462. The van der Waals surface area contributed by atoms with Crippen LogP contribution in [-0.4, -0.2) is 21.1 Å². The van der Waals surface area contributed by atoms with Crippen LogP contribution in [0, 0.1) is 10.1 Å². The van der Waals surface area contributed by atoms with Crippen molar-refractivity contribution in [1.82, 2.24) is 0 Å². The zero-order chi connectivity index (χ0) is 12.5. The summed E-state index contributed by atoms with van der Waals surface area (Å²) in [4.78, 5) is 20.4. The van der Waals surface area contributed by atoms with Crippen molar-refractivity contribution >= 4 is 27.6 Å². The molecule has 0 aromatic heterocycles. The number of phenols is 1.